The second-order valence-electron chi connectivity index (χ2n) is 8.69. The Morgan fingerprint density at radius 3 is 2.42 bits per heavy atom. The monoisotopic (exact) mass is 475 g/mol. The molecule has 1 N–H and O–H groups in total. The van der Waals surface area contributed by atoms with Crippen LogP contribution in [-0.2, 0) is 6.42 Å². The molecule has 1 unspecified atom stereocenters. The van der Waals surface area contributed by atoms with E-state index in [1.54, 1.807) is 0 Å². The van der Waals surface area contributed by atoms with Crippen LogP contribution in [0.2, 0.25) is 10.0 Å². The van der Waals surface area contributed by atoms with E-state index in [1.165, 1.54) is 37.1 Å². The molecule has 1 aliphatic heterocycles. The van der Waals surface area contributed by atoms with Crippen LogP contribution in [-0.4, -0.2) is 29.5 Å². The maximum atomic E-state index is 6.36. The van der Waals surface area contributed by atoms with Gasteiger partial charge in [0.05, 0.1) is 11.6 Å². The summed E-state index contributed by atoms with van der Waals surface area (Å²) < 4.78 is 0. The van der Waals surface area contributed by atoms with Crippen LogP contribution in [0, 0.1) is 0 Å². The summed E-state index contributed by atoms with van der Waals surface area (Å²) in [6.07, 6.45) is 5.58. The van der Waals surface area contributed by atoms with Crippen LogP contribution in [0.15, 0.2) is 79.0 Å². The first-order chi connectivity index (χ1) is 16.2. The second kappa shape index (κ2) is 10.1. The molecule has 5 heteroatoms. The van der Waals surface area contributed by atoms with E-state index in [0.29, 0.717) is 5.02 Å². The molecular weight excluding hydrogens is 449 g/mol. The van der Waals surface area contributed by atoms with E-state index in [1.807, 2.05) is 48.7 Å². The molecule has 33 heavy (non-hydrogen) atoms. The van der Waals surface area contributed by atoms with Crippen molar-refractivity contribution in [2.24, 2.45) is 0 Å². The Morgan fingerprint density at radius 1 is 0.848 bits per heavy atom. The summed E-state index contributed by atoms with van der Waals surface area (Å²) in [7, 11) is 0. The number of nitrogens with zero attached hydrogens (tertiary/aromatic N) is 2. The number of likely N-dealkylation sites (tertiary alicyclic amines) is 1. The smallest absolute Gasteiger partial charge is 0.0768 e. The molecule has 1 aliphatic rings. The molecule has 0 amide bonds. The van der Waals surface area contributed by atoms with Crippen LogP contribution in [0.4, 0.5) is 5.69 Å². The minimum atomic E-state index is -0.0439. The van der Waals surface area contributed by atoms with Gasteiger partial charge in [0, 0.05) is 33.9 Å². The number of benzene rings is 3. The van der Waals surface area contributed by atoms with Crippen molar-refractivity contribution in [3.8, 4) is 0 Å². The third-order valence-electron chi connectivity index (χ3n) is 6.42. The molecule has 3 nitrogen and oxygen atoms in total. The topological polar surface area (TPSA) is 28.2 Å². The van der Waals surface area contributed by atoms with Crippen molar-refractivity contribution in [1.82, 2.24) is 9.88 Å². The largest absolute Gasteiger partial charge is 0.374 e. The number of aromatic nitrogens is 1. The Labute approximate surface area is 205 Å². The van der Waals surface area contributed by atoms with Gasteiger partial charge in [-0.1, -0.05) is 59.6 Å². The summed E-state index contributed by atoms with van der Waals surface area (Å²) in [5.74, 6) is 0. The SMILES string of the molecule is Clc1cccc(C(Nc2ccnc3cc(Cl)ccc23)c2ccc(CCN3CCCC3)cc2)c1. The lowest BCUT2D eigenvalue weighted by atomic mass is 9.96. The molecule has 1 atom stereocenters. The van der Waals surface area contributed by atoms with Gasteiger partial charge in [0.1, 0.15) is 0 Å². The van der Waals surface area contributed by atoms with Crippen molar-refractivity contribution >= 4 is 39.8 Å². The van der Waals surface area contributed by atoms with Gasteiger partial charge in [-0.15, -0.1) is 0 Å². The van der Waals surface area contributed by atoms with Gasteiger partial charge >= 0.3 is 0 Å². The third kappa shape index (κ3) is 5.33. The number of rotatable bonds is 7. The van der Waals surface area contributed by atoms with Crippen LogP contribution < -0.4 is 5.32 Å². The van der Waals surface area contributed by atoms with Crippen molar-refractivity contribution in [2.45, 2.75) is 25.3 Å². The average molecular weight is 476 g/mol. The molecule has 1 fully saturated rings. The van der Waals surface area contributed by atoms with Crippen LogP contribution in [0.5, 0.6) is 0 Å². The van der Waals surface area contributed by atoms with Gasteiger partial charge < -0.3 is 10.2 Å². The molecule has 0 aliphatic carbocycles. The first-order valence-corrected chi connectivity index (χ1v) is 12.3. The lowest BCUT2D eigenvalue weighted by molar-refractivity contribution is 0.343. The first-order valence-electron chi connectivity index (χ1n) is 11.5. The molecule has 3 aromatic carbocycles. The first kappa shape index (κ1) is 22.2. The van der Waals surface area contributed by atoms with Crippen molar-refractivity contribution in [1.29, 1.82) is 0 Å². The highest BCUT2D eigenvalue weighted by Crippen LogP contribution is 2.32. The standard InChI is InChI=1S/C28H27Cl2N3/c29-23-5-3-4-22(18-23)28(32-26-12-14-31-27-19-24(30)10-11-25(26)27)21-8-6-20(7-9-21)13-17-33-15-1-2-16-33/h3-12,14,18-19,28H,1-2,13,15-17H2,(H,31,32). The lowest BCUT2D eigenvalue weighted by Crippen LogP contribution is -2.21. The van der Waals surface area contributed by atoms with Crippen LogP contribution in [0.3, 0.4) is 0 Å². The van der Waals surface area contributed by atoms with Gasteiger partial charge in [-0.25, -0.2) is 0 Å². The van der Waals surface area contributed by atoms with E-state index >= 15 is 0 Å². The Bertz CT molecular complexity index is 1230. The van der Waals surface area contributed by atoms with E-state index in [0.717, 1.165) is 40.1 Å². The summed E-state index contributed by atoms with van der Waals surface area (Å²) in [5.41, 5.74) is 5.57. The molecule has 5 rings (SSSR count). The van der Waals surface area contributed by atoms with Gasteiger partial charge in [0.2, 0.25) is 0 Å². The number of hydrogen-bond acceptors (Lipinski definition) is 3. The highest BCUT2D eigenvalue weighted by atomic mass is 35.5. The van der Waals surface area contributed by atoms with E-state index in [4.69, 9.17) is 23.2 Å². The maximum absolute atomic E-state index is 6.36. The summed E-state index contributed by atoms with van der Waals surface area (Å²) in [6.45, 7) is 3.62. The average Bonchev–Trinajstić information content (AvgIpc) is 3.35. The molecule has 168 valence electrons. The van der Waals surface area contributed by atoms with Gasteiger partial charge in [0.15, 0.2) is 0 Å². The van der Waals surface area contributed by atoms with Gasteiger partial charge in [-0.05, 0) is 85.4 Å². The summed E-state index contributed by atoms with van der Waals surface area (Å²) in [6, 6.07) is 24.8. The zero-order valence-corrected chi connectivity index (χ0v) is 20.0. The Kier molecular flexibility index (Phi) is 6.82. The van der Waals surface area contributed by atoms with Crippen molar-refractivity contribution in [3.63, 3.8) is 0 Å². The van der Waals surface area contributed by atoms with E-state index in [2.05, 4.69) is 45.5 Å². The zero-order valence-electron chi connectivity index (χ0n) is 18.5. The minimum absolute atomic E-state index is 0.0439. The van der Waals surface area contributed by atoms with Crippen molar-refractivity contribution < 1.29 is 0 Å². The Hall–Kier alpha value is -2.59. The fourth-order valence-corrected chi connectivity index (χ4v) is 4.98. The number of nitrogens with one attached hydrogen (secondary N) is 1. The van der Waals surface area contributed by atoms with Crippen LogP contribution in [0.1, 0.15) is 35.6 Å². The van der Waals surface area contributed by atoms with E-state index in [9.17, 15) is 0 Å². The highest BCUT2D eigenvalue weighted by Gasteiger charge is 2.17. The molecule has 1 saturated heterocycles. The molecular formula is C28H27Cl2N3. The zero-order chi connectivity index (χ0) is 22.6. The third-order valence-corrected chi connectivity index (χ3v) is 6.89. The van der Waals surface area contributed by atoms with Crippen molar-refractivity contribution in [2.75, 3.05) is 25.0 Å². The normalized spacial score (nSPS) is 15.1. The van der Waals surface area contributed by atoms with Gasteiger partial charge in [-0.2, -0.15) is 0 Å². The predicted molar refractivity (Wildman–Crippen MR) is 139 cm³/mol. The fraction of sp³-hybridized carbons (Fsp3) is 0.250. The molecule has 1 aromatic heterocycles. The highest BCUT2D eigenvalue weighted by molar-refractivity contribution is 6.31. The number of hydrogen-bond donors (Lipinski definition) is 1. The maximum Gasteiger partial charge on any atom is 0.0768 e. The Morgan fingerprint density at radius 2 is 1.64 bits per heavy atom. The quantitative estimate of drug-likeness (QED) is 0.302. The minimum Gasteiger partial charge on any atom is -0.374 e. The number of fused-ring (bicyclic) bond motifs is 1. The molecule has 0 saturated carbocycles. The predicted octanol–water partition coefficient (Wildman–Crippen LogP) is 7.38. The molecule has 0 spiro atoms. The lowest BCUT2D eigenvalue weighted by Gasteiger charge is -2.23. The Balaban J connectivity index is 1.44. The van der Waals surface area contributed by atoms with Crippen LogP contribution in [0.25, 0.3) is 10.9 Å². The van der Waals surface area contributed by atoms with E-state index < -0.39 is 0 Å². The summed E-state index contributed by atoms with van der Waals surface area (Å²) in [4.78, 5) is 7.05. The summed E-state index contributed by atoms with van der Waals surface area (Å²) >= 11 is 12.6. The van der Waals surface area contributed by atoms with Gasteiger partial charge in [-0.3, -0.25) is 4.98 Å². The molecule has 4 aromatic rings. The van der Waals surface area contributed by atoms with E-state index in [-0.39, 0.29) is 6.04 Å². The number of halogens is 2. The molecule has 2 heterocycles. The number of pyridine rings is 1. The fourth-order valence-electron chi connectivity index (χ4n) is 4.62. The molecule has 0 radical (unpaired) electrons. The van der Waals surface area contributed by atoms with Crippen molar-refractivity contribution in [3.05, 3.63) is 106 Å². The molecule has 0 bridgehead atoms. The second-order valence-corrected chi connectivity index (χ2v) is 9.57. The van der Waals surface area contributed by atoms with Crippen LogP contribution >= 0.6 is 23.2 Å². The summed E-state index contributed by atoms with van der Waals surface area (Å²) in [5, 5.41) is 6.20. The number of anilines is 1. The van der Waals surface area contributed by atoms with Gasteiger partial charge in [0.25, 0.3) is 0 Å².